The van der Waals surface area contributed by atoms with Crippen molar-refractivity contribution in [2.45, 2.75) is 18.3 Å². The largest absolute Gasteiger partial charge is 0.785 e. The third kappa shape index (κ3) is 3.44. The van der Waals surface area contributed by atoms with E-state index in [1.54, 1.807) is 6.07 Å². The molecule has 0 aliphatic carbocycles. The van der Waals surface area contributed by atoms with Gasteiger partial charge in [0.1, 0.15) is 0 Å². The minimum atomic E-state index is -4.39. The van der Waals surface area contributed by atoms with Gasteiger partial charge in [0.2, 0.25) is 0 Å². The molecule has 0 spiro atoms. The maximum absolute atomic E-state index is 12.7. The molecule has 2 aromatic carbocycles. The van der Waals surface area contributed by atoms with Gasteiger partial charge in [-0.05, 0) is 30.3 Å². The fourth-order valence-corrected chi connectivity index (χ4v) is 2.28. The molecule has 0 fully saturated rings. The smallest absolute Gasteiger partial charge is 0.416 e. The minimum absolute atomic E-state index is 0. The van der Waals surface area contributed by atoms with E-state index in [-0.39, 0.29) is 43.7 Å². The number of anilines is 2. The van der Waals surface area contributed by atoms with Gasteiger partial charge in [0.15, 0.2) is 11.5 Å². The van der Waals surface area contributed by atoms with E-state index < -0.39 is 11.7 Å². The first kappa shape index (κ1) is 17.6. The summed E-state index contributed by atoms with van der Waals surface area (Å²) in [5, 5.41) is 3.03. The number of nitrogens with one attached hydrogen (secondary N) is 1. The molecule has 113 valence electrons. The molecule has 7 heteroatoms. The summed E-state index contributed by atoms with van der Waals surface area (Å²) in [7, 11) is 0. The molecule has 3 rings (SSSR count). The van der Waals surface area contributed by atoms with Crippen LogP contribution in [0.4, 0.5) is 24.5 Å². The second-order valence-corrected chi connectivity index (χ2v) is 5.54. The third-order valence-electron chi connectivity index (χ3n) is 3.27. The fraction of sp³-hybridized carbons (Fsp3) is 0.200. The van der Waals surface area contributed by atoms with E-state index in [1.807, 2.05) is 19.1 Å². The molecular formula is C15H11F3NOSY-. The van der Waals surface area contributed by atoms with Crippen LogP contribution in [0.15, 0.2) is 36.4 Å². The van der Waals surface area contributed by atoms with Crippen molar-refractivity contribution in [1.29, 1.82) is 0 Å². The number of halogens is 3. The van der Waals surface area contributed by atoms with Crippen LogP contribution in [0.25, 0.3) is 0 Å². The van der Waals surface area contributed by atoms with E-state index in [1.165, 1.54) is 6.07 Å². The van der Waals surface area contributed by atoms with Crippen molar-refractivity contribution in [2.75, 3.05) is 5.32 Å². The predicted octanol–water partition coefficient (Wildman–Crippen LogP) is 5.16. The van der Waals surface area contributed by atoms with Crippen LogP contribution in [0.5, 0.6) is 11.5 Å². The fourth-order valence-electron chi connectivity index (χ4n) is 2.14. The SMILES string of the molecule is CC([S-])c1ccc2c(c1)Nc1ccc(C(F)(F)F)cc1O2.[Y]. The molecule has 1 atom stereocenters. The van der Waals surface area contributed by atoms with Crippen LogP contribution in [-0.4, -0.2) is 0 Å². The van der Waals surface area contributed by atoms with Crippen molar-refractivity contribution >= 4 is 24.0 Å². The summed E-state index contributed by atoms with van der Waals surface area (Å²) in [6, 6.07) is 8.77. The van der Waals surface area contributed by atoms with Crippen molar-refractivity contribution in [1.82, 2.24) is 0 Å². The Hall–Kier alpha value is -0.716. The maximum atomic E-state index is 12.7. The van der Waals surface area contributed by atoms with Crippen LogP contribution >= 0.6 is 0 Å². The van der Waals surface area contributed by atoms with Crippen LogP contribution in [0, 0.1) is 0 Å². The van der Waals surface area contributed by atoms with Crippen LogP contribution in [0.3, 0.4) is 0 Å². The second-order valence-electron chi connectivity index (χ2n) is 4.83. The molecule has 0 saturated heterocycles. The average Bonchev–Trinajstić information content (AvgIpc) is 2.42. The Morgan fingerprint density at radius 2 is 1.77 bits per heavy atom. The van der Waals surface area contributed by atoms with Crippen molar-refractivity contribution in [2.24, 2.45) is 0 Å². The van der Waals surface area contributed by atoms with E-state index in [0.29, 0.717) is 17.1 Å². The monoisotopic (exact) mass is 399 g/mol. The van der Waals surface area contributed by atoms with Crippen LogP contribution in [-0.2, 0) is 51.5 Å². The zero-order valence-corrected chi connectivity index (χ0v) is 15.2. The summed E-state index contributed by atoms with van der Waals surface area (Å²) in [6.45, 7) is 1.89. The number of benzene rings is 2. The summed E-state index contributed by atoms with van der Waals surface area (Å²) >= 11 is 5.19. The molecule has 1 unspecified atom stereocenters. The summed E-state index contributed by atoms with van der Waals surface area (Å²) < 4.78 is 43.7. The number of hydrogen-bond acceptors (Lipinski definition) is 3. The van der Waals surface area contributed by atoms with E-state index in [9.17, 15) is 13.2 Å². The Morgan fingerprint density at radius 1 is 1.05 bits per heavy atom. The van der Waals surface area contributed by atoms with Gasteiger partial charge in [0.05, 0.1) is 16.9 Å². The van der Waals surface area contributed by atoms with Crippen LogP contribution in [0.2, 0.25) is 0 Å². The van der Waals surface area contributed by atoms with Gasteiger partial charge in [-0.3, -0.25) is 0 Å². The molecule has 1 N–H and O–H groups in total. The molecule has 1 aliphatic heterocycles. The number of fused-ring (bicyclic) bond motifs is 2. The Labute approximate surface area is 156 Å². The number of hydrogen-bond donors (Lipinski definition) is 1. The molecule has 1 aliphatic rings. The van der Waals surface area contributed by atoms with Gasteiger partial charge >= 0.3 is 6.18 Å². The predicted molar refractivity (Wildman–Crippen MR) is 77.0 cm³/mol. The average molecular weight is 399 g/mol. The van der Waals surface area contributed by atoms with Gasteiger partial charge in [-0.1, -0.05) is 18.6 Å². The van der Waals surface area contributed by atoms with Crippen LogP contribution < -0.4 is 10.1 Å². The molecule has 2 aromatic rings. The van der Waals surface area contributed by atoms with Gasteiger partial charge in [0, 0.05) is 32.7 Å². The van der Waals surface area contributed by atoms with Crippen molar-refractivity contribution in [3.8, 4) is 11.5 Å². The zero-order valence-electron chi connectivity index (χ0n) is 11.6. The van der Waals surface area contributed by atoms with Crippen molar-refractivity contribution < 1.29 is 50.6 Å². The van der Waals surface area contributed by atoms with Gasteiger partial charge < -0.3 is 22.7 Å². The molecule has 22 heavy (non-hydrogen) atoms. The van der Waals surface area contributed by atoms with Gasteiger partial charge in [-0.25, -0.2) is 0 Å². The minimum Gasteiger partial charge on any atom is -0.785 e. The standard InChI is InChI=1S/C15H12F3NOS.Y/c1-8(21)9-2-5-13-12(6-9)19-11-4-3-10(15(16,17)18)7-14(11)20-13;/h2-8,19,21H,1H3;/p-1. The van der Waals surface area contributed by atoms with E-state index in [2.05, 4.69) is 5.32 Å². The Morgan fingerprint density at radius 3 is 2.41 bits per heavy atom. The van der Waals surface area contributed by atoms with E-state index in [4.69, 9.17) is 17.4 Å². The molecule has 1 heterocycles. The normalized spacial score (nSPS) is 13.9. The Kier molecular flexibility index (Phi) is 5.14. The Bertz CT molecular complexity index is 704. The molecule has 1 radical (unpaired) electrons. The van der Waals surface area contributed by atoms with E-state index >= 15 is 0 Å². The first-order valence-corrected chi connectivity index (χ1v) is 6.77. The first-order valence-electron chi connectivity index (χ1n) is 6.30. The summed E-state index contributed by atoms with van der Waals surface area (Å²) in [4.78, 5) is 0. The topological polar surface area (TPSA) is 21.3 Å². The van der Waals surface area contributed by atoms with Gasteiger partial charge in [-0.15, -0.1) is 5.25 Å². The number of rotatable bonds is 1. The van der Waals surface area contributed by atoms with Crippen LogP contribution in [0.1, 0.15) is 23.3 Å². The summed E-state index contributed by atoms with van der Waals surface area (Å²) in [6.07, 6.45) is -4.39. The molecule has 0 bridgehead atoms. The molecular weight excluding hydrogens is 388 g/mol. The molecule has 0 amide bonds. The Balaban J connectivity index is 0.00000176. The summed E-state index contributed by atoms with van der Waals surface area (Å²) in [5.74, 6) is 0.651. The van der Waals surface area contributed by atoms with Gasteiger partial charge in [0.25, 0.3) is 0 Å². The van der Waals surface area contributed by atoms with E-state index in [0.717, 1.165) is 17.7 Å². The second kappa shape index (κ2) is 6.42. The quantitative estimate of drug-likeness (QED) is 0.572. The molecule has 0 saturated carbocycles. The first-order chi connectivity index (χ1) is 9.84. The van der Waals surface area contributed by atoms with Crippen molar-refractivity contribution in [3.63, 3.8) is 0 Å². The van der Waals surface area contributed by atoms with Gasteiger partial charge in [-0.2, -0.15) is 13.2 Å². The maximum Gasteiger partial charge on any atom is 0.416 e. The molecule has 2 nitrogen and oxygen atoms in total. The number of ether oxygens (including phenoxy) is 1. The third-order valence-corrected chi connectivity index (χ3v) is 3.54. The summed E-state index contributed by atoms with van der Waals surface area (Å²) in [5.41, 5.74) is 1.43. The molecule has 0 aromatic heterocycles. The number of alkyl halides is 3. The zero-order chi connectivity index (χ0) is 15.2. The van der Waals surface area contributed by atoms with Crippen molar-refractivity contribution in [3.05, 3.63) is 47.5 Å².